The van der Waals surface area contributed by atoms with Gasteiger partial charge in [0.25, 0.3) is 0 Å². The van der Waals surface area contributed by atoms with Crippen LogP contribution in [0.3, 0.4) is 0 Å². The molecule has 5 rings (SSSR count). The van der Waals surface area contributed by atoms with E-state index in [4.69, 9.17) is 14.4 Å². The predicted octanol–water partition coefficient (Wildman–Crippen LogP) is 3.34. The topological polar surface area (TPSA) is 114 Å². The summed E-state index contributed by atoms with van der Waals surface area (Å²) in [5.74, 6) is 1.31. The number of nitriles is 1. The number of fused-ring (bicyclic) bond motifs is 2. The zero-order chi connectivity index (χ0) is 18.2. The molecule has 1 aliphatic rings. The van der Waals surface area contributed by atoms with Crippen molar-refractivity contribution >= 4 is 10.9 Å². The third-order valence-corrected chi connectivity index (χ3v) is 4.65. The maximum absolute atomic E-state index is 9.02. The van der Waals surface area contributed by atoms with Gasteiger partial charge in [-0.2, -0.15) is 10.4 Å². The summed E-state index contributed by atoms with van der Waals surface area (Å²) in [6.45, 7) is 0. The smallest absolute Gasteiger partial charge is 0.181 e. The molecule has 27 heavy (non-hydrogen) atoms. The zero-order valence-electron chi connectivity index (χ0n) is 14.2. The summed E-state index contributed by atoms with van der Waals surface area (Å²) in [5.41, 5.74) is 3.57. The van der Waals surface area contributed by atoms with Gasteiger partial charge in [0.05, 0.1) is 23.6 Å². The molecule has 0 spiro atoms. The molecule has 1 aromatic carbocycles. The van der Waals surface area contributed by atoms with Crippen LogP contribution in [0.2, 0.25) is 0 Å². The second-order valence-electron chi connectivity index (χ2n) is 6.34. The first-order chi connectivity index (χ1) is 13.3. The van der Waals surface area contributed by atoms with Crippen molar-refractivity contribution < 1.29 is 9.15 Å². The molecule has 0 saturated carbocycles. The van der Waals surface area contributed by atoms with E-state index >= 15 is 0 Å². The SMILES string of the molecule is N#Cc1cnc2c(n1)CCCC2Oc1ccc2[nH]nc(-c3cnco3)c2c1. The Labute approximate surface area is 153 Å². The Kier molecular flexibility index (Phi) is 3.57. The second-order valence-corrected chi connectivity index (χ2v) is 6.34. The molecule has 4 aromatic rings. The van der Waals surface area contributed by atoms with Crippen molar-refractivity contribution in [3.63, 3.8) is 0 Å². The molecule has 0 bridgehead atoms. The van der Waals surface area contributed by atoms with Crippen LogP contribution in [0, 0.1) is 11.3 Å². The molecule has 0 amide bonds. The van der Waals surface area contributed by atoms with Crippen LogP contribution < -0.4 is 4.74 Å². The van der Waals surface area contributed by atoms with Crippen molar-refractivity contribution in [1.82, 2.24) is 25.1 Å². The van der Waals surface area contributed by atoms with Crippen molar-refractivity contribution in [2.75, 3.05) is 0 Å². The summed E-state index contributed by atoms with van der Waals surface area (Å²) in [6.07, 6.45) is 6.93. The average molecular weight is 358 g/mol. The van der Waals surface area contributed by atoms with Gasteiger partial charge in [-0.15, -0.1) is 0 Å². The lowest BCUT2D eigenvalue weighted by Crippen LogP contribution is -2.18. The van der Waals surface area contributed by atoms with Crippen LogP contribution >= 0.6 is 0 Å². The van der Waals surface area contributed by atoms with Gasteiger partial charge >= 0.3 is 0 Å². The summed E-state index contributed by atoms with van der Waals surface area (Å²) in [6, 6.07) is 7.79. The minimum atomic E-state index is -0.188. The number of nitrogens with zero attached hydrogens (tertiary/aromatic N) is 5. The lowest BCUT2D eigenvalue weighted by Gasteiger charge is -2.24. The highest BCUT2D eigenvalue weighted by atomic mass is 16.5. The molecular formula is C19H14N6O2. The van der Waals surface area contributed by atoms with E-state index in [9.17, 15) is 0 Å². The van der Waals surface area contributed by atoms with Crippen LogP contribution in [0.1, 0.15) is 36.0 Å². The Morgan fingerprint density at radius 1 is 1.30 bits per heavy atom. The summed E-state index contributed by atoms with van der Waals surface area (Å²) >= 11 is 0. The first-order valence-electron chi connectivity index (χ1n) is 8.61. The number of benzene rings is 1. The van der Waals surface area contributed by atoms with Gasteiger partial charge in [0.15, 0.2) is 17.8 Å². The molecule has 8 nitrogen and oxygen atoms in total. The fourth-order valence-corrected chi connectivity index (χ4v) is 3.40. The number of nitrogens with one attached hydrogen (secondary N) is 1. The maximum Gasteiger partial charge on any atom is 0.181 e. The van der Waals surface area contributed by atoms with E-state index in [-0.39, 0.29) is 6.10 Å². The number of hydrogen-bond donors (Lipinski definition) is 1. The number of aryl methyl sites for hydroxylation is 1. The lowest BCUT2D eigenvalue weighted by molar-refractivity contribution is 0.177. The quantitative estimate of drug-likeness (QED) is 0.597. The number of ether oxygens (including phenoxy) is 1. The molecule has 0 aliphatic heterocycles. The van der Waals surface area contributed by atoms with Crippen LogP contribution in [-0.2, 0) is 6.42 Å². The van der Waals surface area contributed by atoms with E-state index in [0.717, 1.165) is 41.6 Å². The molecule has 8 heteroatoms. The van der Waals surface area contributed by atoms with E-state index in [0.29, 0.717) is 22.9 Å². The van der Waals surface area contributed by atoms with Gasteiger partial charge in [0.2, 0.25) is 0 Å². The van der Waals surface area contributed by atoms with Gasteiger partial charge in [-0.25, -0.2) is 9.97 Å². The standard InChI is InChI=1S/C19H14N6O2/c20-7-11-8-22-19-15(23-11)2-1-3-16(19)27-12-4-5-14-13(6-12)18(25-24-14)17-9-21-10-26-17/h4-6,8-10,16H,1-3H2,(H,24,25). The van der Waals surface area contributed by atoms with Crippen molar-refractivity contribution in [2.24, 2.45) is 0 Å². The minimum absolute atomic E-state index is 0.188. The Morgan fingerprint density at radius 2 is 2.26 bits per heavy atom. The van der Waals surface area contributed by atoms with E-state index < -0.39 is 0 Å². The fourth-order valence-electron chi connectivity index (χ4n) is 3.40. The molecule has 132 valence electrons. The van der Waals surface area contributed by atoms with Crippen LogP contribution in [0.5, 0.6) is 5.75 Å². The largest absolute Gasteiger partial charge is 0.484 e. The van der Waals surface area contributed by atoms with Gasteiger partial charge in [0.1, 0.15) is 29.3 Å². The van der Waals surface area contributed by atoms with E-state index in [1.807, 2.05) is 24.3 Å². The Bertz CT molecular complexity index is 1160. The Morgan fingerprint density at radius 3 is 3.11 bits per heavy atom. The number of oxazole rings is 1. The number of aromatic amines is 1. The summed E-state index contributed by atoms with van der Waals surface area (Å²) in [4.78, 5) is 12.8. The van der Waals surface area contributed by atoms with E-state index in [2.05, 4.69) is 25.1 Å². The zero-order valence-corrected chi connectivity index (χ0v) is 14.2. The summed E-state index contributed by atoms with van der Waals surface area (Å²) in [7, 11) is 0. The van der Waals surface area contributed by atoms with Gasteiger partial charge < -0.3 is 9.15 Å². The third kappa shape index (κ3) is 2.69. The summed E-state index contributed by atoms with van der Waals surface area (Å²) in [5, 5.41) is 17.2. The molecule has 0 radical (unpaired) electrons. The van der Waals surface area contributed by atoms with Gasteiger partial charge in [-0.1, -0.05) is 0 Å². The van der Waals surface area contributed by atoms with Crippen molar-refractivity contribution in [3.05, 3.63) is 54.1 Å². The summed E-state index contributed by atoms with van der Waals surface area (Å²) < 4.78 is 11.6. The van der Waals surface area contributed by atoms with Crippen molar-refractivity contribution in [3.8, 4) is 23.3 Å². The average Bonchev–Trinajstić information content (AvgIpc) is 3.37. The van der Waals surface area contributed by atoms with Crippen molar-refractivity contribution in [2.45, 2.75) is 25.4 Å². The lowest BCUT2D eigenvalue weighted by atomic mass is 9.97. The highest BCUT2D eigenvalue weighted by molar-refractivity contribution is 5.92. The van der Waals surface area contributed by atoms with Gasteiger partial charge in [0, 0.05) is 5.39 Å². The first-order valence-corrected chi connectivity index (χ1v) is 8.61. The number of rotatable bonds is 3. The van der Waals surface area contributed by atoms with Crippen LogP contribution in [0.15, 0.2) is 41.4 Å². The minimum Gasteiger partial charge on any atom is -0.484 e. The van der Waals surface area contributed by atoms with Crippen LogP contribution in [0.25, 0.3) is 22.4 Å². The number of H-pyrrole nitrogens is 1. The van der Waals surface area contributed by atoms with E-state index in [1.165, 1.54) is 12.6 Å². The molecule has 1 aliphatic carbocycles. The van der Waals surface area contributed by atoms with Gasteiger partial charge in [-0.3, -0.25) is 10.1 Å². The monoisotopic (exact) mass is 358 g/mol. The predicted molar refractivity (Wildman–Crippen MR) is 94.6 cm³/mol. The highest BCUT2D eigenvalue weighted by Crippen LogP contribution is 2.34. The first kappa shape index (κ1) is 15.5. The van der Waals surface area contributed by atoms with Crippen LogP contribution in [-0.4, -0.2) is 25.1 Å². The molecule has 1 atom stereocenters. The molecule has 0 saturated heterocycles. The number of hydrogen-bond acceptors (Lipinski definition) is 7. The van der Waals surface area contributed by atoms with Crippen LogP contribution in [0.4, 0.5) is 0 Å². The number of aromatic nitrogens is 5. The molecule has 0 fully saturated rings. The molecule has 3 heterocycles. The molecule has 3 aromatic heterocycles. The van der Waals surface area contributed by atoms with Gasteiger partial charge in [-0.05, 0) is 37.5 Å². The Balaban J connectivity index is 1.49. The highest BCUT2D eigenvalue weighted by Gasteiger charge is 2.25. The normalized spacial score (nSPS) is 16.0. The third-order valence-electron chi connectivity index (χ3n) is 4.65. The van der Waals surface area contributed by atoms with Crippen molar-refractivity contribution in [1.29, 1.82) is 5.26 Å². The Hall–Kier alpha value is -3.73. The molecular weight excluding hydrogens is 344 g/mol. The second kappa shape index (κ2) is 6.21. The fraction of sp³-hybridized carbons (Fsp3) is 0.211. The molecule has 1 N–H and O–H groups in total. The molecule has 1 unspecified atom stereocenters. The maximum atomic E-state index is 9.02. The van der Waals surface area contributed by atoms with E-state index in [1.54, 1.807) is 6.20 Å².